The third kappa shape index (κ3) is 3.73. The minimum absolute atomic E-state index is 0.266. The van der Waals surface area contributed by atoms with Crippen LogP contribution in [0.3, 0.4) is 0 Å². The van der Waals surface area contributed by atoms with E-state index in [9.17, 15) is 9.90 Å². The summed E-state index contributed by atoms with van der Waals surface area (Å²) in [4.78, 5) is 10.7. The van der Waals surface area contributed by atoms with Gasteiger partial charge in [-0.05, 0) is 36.0 Å². The topological polar surface area (TPSA) is 46.5 Å². The molecule has 14 heavy (non-hydrogen) atoms. The quantitative estimate of drug-likeness (QED) is 0.492. The van der Waals surface area contributed by atoms with Gasteiger partial charge in [0.25, 0.3) is 0 Å². The van der Waals surface area contributed by atoms with Crippen molar-refractivity contribution >= 4 is 28.6 Å². The SMILES string of the molecule is CC(=O)OC1CCC(CCI)CC1O. The molecule has 4 heteroatoms. The van der Waals surface area contributed by atoms with Crippen LogP contribution in [0.4, 0.5) is 0 Å². The highest BCUT2D eigenvalue weighted by atomic mass is 127. The molecular formula is C10H17IO3. The van der Waals surface area contributed by atoms with Crippen molar-refractivity contribution in [2.45, 2.75) is 44.8 Å². The van der Waals surface area contributed by atoms with E-state index in [0.717, 1.165) is 30.1 Å². The minimum atomic E-state index is -0.458. The lowest BCUT2D eigenvalue weighted by molar-refractivity contribution is -0.156. The largest absolute Gasteiger partial charge is 0.460 e. The summed E-state index contributed by atoms with van der Waals surface area (Å²) in [6.45, 7) is 1.39. The van der Waals surface area contributed by atoms with E-state index in [-0.39, 0.29) is 12.1 Å². The molecule has 3 atom stereocenters. The van der Waals surface area contributed by atoms with Crippen LogP contribution >= 0.6 is 22.6 Å². The van der Waals surface area contributed by atoms with Gasteiger partial charge in [0.15, 0.2) is 0 Å². The van der Waals surface area contributed by atoms with Crippen molar-refractivity contribution in [2.75, 3.05) is 4.43 Å². The summed E-state index contributed by atoms with van der Waals surface area (Å²) in [5, 5.41) is 9.74. The maximum Gasteiger partial charge on any atom is 0.302 e. The molecule has 0 aromatic rings. The number of carbonyl (C=O) groups excluding carboxylic acids is 1. The average molecular weight is 312 g/mol. The van der Waals surface area contributed by atoms with Crippen molar-refractivity contribution in [3.63, 3.8) is 0 Å². The Labute approximate surface area is 98.3 Å². The van der Waals surface area contributed by atoms with Gasteiger partial charge in [-0.1, -0.05) is 22.6 Å². The van der Waals surface area contributed by atoms with E-state index in [1.165, 1.54) is 6.92 Å². The van der Waals surface area contributed by atoms with Crippen LogP contribution in [0.2, 0.25) is 0 Å². The summed E-state index contributed by atoms with van der Waals surface area (Å²) in [6, 6.07) is 0. The summed E-state index contributed by atoms with van der Waals surface area (Å²) < 4.78 is 6.17. The van der Waals surface area contributed by atoms with Crippen LogP contribution in [0.25, 0.3) is 0 Å². The smallest absolute Gasteiger partial charge is 0.302 e. The predicted octanol–water partition coefficient (Wildman–Crippen LogP) is 1.90. The van der Waals surface area contributed by atoms with Gasteiger partial charge in [-0.25, -0.2) is 0 Å². The van der Waals surface area contributed by atoms with E-state index in [4.69, 9.17) is 4.74 Å². The van der Waals surface area contributed by atoms with Gasteiger partial charge in [0.05, 0.1) is 6.10 Å². The molecule has 0 saturated heterocycles. The monoisotopic (exact) mass is 312 g/mol. The van der Waals surface area contributed by atoms with Crippen molar-refractivity contribution in [1.29, 1.82) is 0 Å². The fourth-order valence-electron chi connectivity index (χ4n) is 1.97. The van der Waals surface area contributed by atoms with Crippen molar-refractivity contribution in [1.82, 2.24) is 0 Å². The zero-order valence-electron chi connectivity index (χ0n) is 8.41. The van der Waals surface area contributed by atoms with Crippen LogP contribution in [-0.2, 0) is 9.53 Å². The zero-order chi connectivity index (χ0) is 10.6. The number of hydrogen-bond acceptors (Lipinski definition) is 3. The van der Waals surface area contributed by atoms with Crippen molar-refractivity contribution in [3.8, 4) is 0 Å². The number of hydrogen-bond donors (Lipinski definition) is 1. The van der Waals surface area contributed by atoms with E-state index in [1.54, 1.807) is 0 Å². The first-order valence-corrected chi connectivity index (χ1v) is 6.57. The maximum atomic E-state index is 10.7. The maximum absolute atomic E-state index is 10.7. The van der Waals surface area contributed by atoms with E-state index in [2.05, 4.69) is 22.6 Å². The lowest BCUT2D eigenvalue weighted by Gasteiger charge is -2.32. The summed E-state index contributed by atoms with van der Waals surface area (Å²) in [5.41, 5.74) is 0. The van der Waals surface area contributed by atoms with E-state index >= 15 is 0 Å². The van der Waals surface area contributed by atoms with Gasteiger partial charge < -0.3 is 9.84 Å². The first-order chi connectivity index (χ1) is 6.63. The molecule has 82 valence electrons. The van der Waals surface area contributed by atoms with Crippen LogP contribution in [0.15, 0.2) is 0 Å². The Morgan fingerprint density at radius 1 is 1.57 bits per heavy atom. The molecule has 1 N–H and O–H groups in total. The molecule has 0 bridgehead atoms. The number of aliphatic hydroxyl groups is 1. The molecule has 1 rings (SSSR count). The average Bonchev–Trinajstić information content (AvgIpc) is 2.10. The predicted molar refractivity (Wildman–Crippen MR) is 62.4 cm³/mol. The number of carbonyl (C=O) groups is 1. The highest BCUT2D eigenvalue weighted by molar-refractivity contribution is 14.1. The van der Waals surface area contributed by atoms with E-state index in [0.29, 0.717) is 5.92 Å². The van der Waals surface area contributed by atoms with Crippen molar-refractivity contribution < 1.29 is 14.6 Å². The third-order valence-electron chi connectivity index (χ3n) is 2.70. The summed E-state index contributed by atoms with van der Waals surface area (Å²) >= 11 is 2.36. The molecular weight excluding hydrogens is 295 g/mol. The third-order valence-corrected chi connectivity index (χ3v) is 3.32. The number of aliphatic hydroxyl groups excluding tert-OH is 1. The van der Waals surface area contributed by atoms with Gasteiger partial charge in [-0.3, -0.25) is 4.79 Å². The molecule has 1 aliphatic carbocycles. The Kier molecular flexibility index (Phi) is 5.15. The Hall–Kier alpha value is 0.160. The fourth-order valence-corrected chi connectivity index (χ4v) is 2.85. The van der Waals surface area contributed by atoms with Crippen molar-refractivity contribution in [2.24, 2.45) is 5.92 Å². The van der Waals surface area contributed by atoms with Gasteiger partial charge in [-0.15, -0.1) is 0 Å². The molecule has 1 aliphatic rings. The minimum Gasteiger partial charge on any atom is -0.460 e. The zero-order valence-corrected chi connectivity index (χ0v) is 10.6. The standard InChI is InChI=1S/C10H17IO3/c1-7(12)14-10-3-2-8(4-5-11)6-9(10)13/h8-10,13H,2-6H2,1H3. The van der Waals surface area contributed by atoms with Crippen LogP contribution < -0.4 is 0 Å². The first kappa shape index (κ1) is 12.2. The number of ether oxygens (including phenoxy) is 1. The molecule has 1 saturated carbocycles. The summed E-state index contributed by atoms with van der Waals surface area (Å²) in [5.74, 6) is 0.315. The molecule has 0 radical (unpaired) electrons. The lowest BCUT2D eigenvalue weighted by atomic mass is 9.84. The van der Waals surface area contributed by atoms with Crippen LogP contribution in [0, 0.1) is 5.92 Å². The molecule has 1 fully saturated rings. The second kappa shape index (κ2) is 5.90. The molecule has 0 amide bonds. The first-order valence-electron chi connectivity index (χ1n) is 5.04. The normalized spacial score (nSPS) is 32.6. The lowest BCUT2D eigenvalue weighted by Crippen LogP contribution is -2.37. The van der Waals surface area contributed by atoms with Crippen molar-refractivity contribution in [3.05, 3.63) is 0 Å². The fraction of sp³-hybridized carbons (Fsp3) is 0.900. The molecule has 0 heterocycles. The molecule has 0 aromatic heterocycles. The Morgan fingerprint density at radius 2 is 2.29 bits per heavy atom. The van der Waals surface area contributed by atoms with Crippen LogP contribution in [-0.4, -0.2) is 27.7 Å². The highest BCUT2D eigenvalue weighted by Gasteiger charge is 2.30. The second-order valence-electron chi connectivity index (χ2n) is 3.87. The Morgan fingerprint density at radius 3 is 2.79 bits per heavy atom. The van der Waals surface area contributed by atoms with Gasteiger partial charge in [-0.2, -0.15) is 0 Å². The van der Waals surface area contributed by atoms with Gasteiger partial charge in [0, 0.05) is 6.92 Å². The molecule has 0 spiro atoms. The summed E-state index contributed by atoms with van der Waals surface area (Å²) in [7, 11) is 0. The highest BCUT2D eigenvalue weighted by Crippen LogP contribution is 2.29. The molecule has 0 aliphatic heterocycles. The molecule has 3 nitrogen and oxygen atoms in total. The Balaban J connectivity index is 2.35. The number of esters is 1. The van der Waals surface area contributed by atoms with E-state index < -0.39 is 6.10 Å². The van der Waals surface area contributed by atoms with E-state index in [1.807, 2.05) is 0 Å². The Bertz CT molecular complexity index is 196. The number of alkyl halides is 1. The van der Waals surface area contributed by atoms with Gasteiger partial charge >= 0.3 is 5.97 Å². The van der Waals surface area contributed by atoms with Crippen LogP contribution in [0.5, 0.6) is 0 Å². The molecule has 0 aromatic carbocycles. The van der Waals surface area contributed by atoms with Crippen LogP contribution in [0.1, 0.15) is 32.6 Å². The molecule has 3 unspecified atom stereocenters. The van der Waals surface area contributed by atoms with Gasteiger partial charge in [0.1, 0.15) is 6.10 Å². The number of halogens is 1. The van der Waals surface area contributed by atoms with Gasteiger partial charge in [0.2, 0.25) is 0 Å². The summed E-state index contributed by atoms with van der Waals surface area (Å²) in [6.07, 6.45) is 3.09. The second-order valence-corrected chi connectivity index (χ2v) is 4.95. The number of rotatable bonds is 3.